The second kappa shape index (κ2) is 7.89. The molecule has 0 unspecified atom stereocenters. The summed E-state index contributed by atoms with van der Waals surface area (Å²) in [6.07, 6.45) is 1.84. The Kier molecular flexibility index (Phi) is 5.39. The first-order valence-corrected chi connectivity index (χ1v) is 8.01. The number of hydrogen-bond acceptors (Lipinski definition) is 6. The van der Waals surface area contributed by atoms with Gasteiger partial charge >= 0.3 is 0 Å². The maximum atomic E-state index is 5.35. The molecular weight excluding hydrogens is 290 g/mol. The quantitative estimate of drug-likeness (QED) is 0.853. The second-order valence-electron chi connectivity index (χ2n) is 5.60. The van der Waals surface area contributed by atoms with Gasteiger partial charge in [0.2, 0.25) is 5.95 Å². The number of hydrogen-bond donors (Lipinski definition) is 2. The maximum absolute atomic E-state index is 5.35. The summed E-state index contributed by atoms with van der Waals surface area (Å²) in [5.74, 6) is 1.49. The Hall–Kier alpha value is -2.18. The zero-order valence-electron chi connectivity index (χ0n) is 13.5. The number of nitrogens with one attached hydrogen (secondary N) is 2. The van der Waals surface area contributed by atoms with Gasteiger partial charge in [-0.05, 0) is 19.1 Å². The Morgan fingerprint density at radius 2 is 1.96 bits per heavy atom. The van der Waals surface area contributed by atoms with Crippen LogP contribution in [0.2, 0.25) is 0 Å². The van der Waals surface area contributed by atoms with Crippen molar-refractivity contribution in [2.45, 2.75) is 6.92 Å². The molecule has 1 aliphatic heterocycles. The largest absolute Gasteiger partial charge is 0.379 e. The van der Waals surface area contributed by atoms with Crippen LogP contribution in [0.3, 0.4) is 0 Å². The SMILES string of the molecule is Cc1cnc(NCCN2CCOCC2)nc1Nc1ccccc1. The molecule has 0 radical (unpaired) electrons. The van der Waals surface area contributed by atoms with Gasteiger partial charge in [0.25, 0.3) is 0 Å². The van der Waals surface area contributed by atoms with Crippen LogP contribution in [0, 0.1) is 6.92 Å². The highest BCUT2D eigenvalue weighted by Crippen LogP contribution is 2.18. The fourth-order valence-electron chi connectivity index (χ4n) is 2.46. The zero-order chi connectivity index (χ0) is 15.9. The number of rotatable bonds is 6. The average Bonchev–Trinajstić information content (AvgIpc) is 2.60. The highest BCUT2D eigenvalue weighted by Gasteiger charge is 2.10. The minimum atomic E-state index is 0.655. The molecule has 0 bridgehead atoms. The lowest BCUT2D eigenvalue weighted by molar-refractivity contribution is 0.0398. The van der Waals surface area contributed by atoms with Crippen molar-refractivity contribution in [3.05, 3.63) is 42.1 Å². The van der Waals surface area contributed by atoms with E-state index in [1.54, 1.807) is 0 Å². The first kappa shape index (κ1) is 15.7. The summed E-state index contributed by atoms with van der Waals surface area (Å²) >= 11 is 0. The predicted octanol–water partition coefficient (Wildman–Crippen LogP) is 2.27. The molecule has 1 fully saturated rings. The van der Waals surface area contributed by atoms with Gasteiger partial charge in [0.1, 0.15) is 5.82 Å². The molecule has 6 nitrogen and oxygen atoms in total. The Morgan fingerprint density at radius 1 is 1.17 bits per heavy atom. The van der Waals surface area contributed by atoms with Crippen molar-refractivity contribution in [3.63, 3.8) is 0 Å². The lowest BCUT2D eigenvalue weighted by Crippen LogP contribution is -2.39. The van der Waals surface area contributed by atoms with Gasteiger partial charge < -0.3 is 15.4 Å². The smallest absolute Gasteiger partial charge is 0.224 e. The van der Waals surface area contributed by atoms with E-state index in [0.29, 0.717) is 5.95 Å². The Labute approximate surface area is 136 Å². The molecule has 1 saturated heterocycles. The van der Waals surface area contributed by atoms with E-state index in [1.807, 2.05) is 43.5 Å². The molecule has 0 saturated carbocycles. The van der Waals surface area contributed by atoms with Crippen molar-refractivity contribution >= 4 is 17.5 Å². The molecule has 0 aliphatic carbocycles. The van der Waals surface area contributed by atoms with E-state index in [1.165, 1.54) is 0 Å². The van der Waals surface area contributed by atoms with Crippen LogP contribution in [0.1, 0.15) is 5.56 Å². The summed E-state index contributed by atoms with van der Waals surface area (Å²) < 4.78 is 5.35. The van der Waals surface area contributed by atoms with Crippen LogP contribution in [0.15, 0.2) is 36.5 Å². The predicted molar refractivity (Wildman–Crippen MR) is 92.2 cm³/mol. The van der Waals surface area contributed by atoms with E-state index >= 15 is 0 Å². The van der Waals surface area contributed by atoms with E-state index in [4.69, 9.17) is 4.74 Å². The lowest BCUT2D eigenvalue weighted by atomic mass is 10.3. The number of anilines is 3. The number of benzene rings is 1. The molecule has 2 N–H and O–H groups in total. The van der Waals surface area contributed by atoms with Crippen molar-refractivity contribution in [1.29, 1.82) is 0 Å². The van der Waals surface area contributed by atoms with Crippen LogP contribution in [0.5, 0.6) is 0 Å². The molecule has 2 aromatic rings. The summed E-state index contributed by atoms with van der Waals surface area (Å²) in [4.78, 5) is 11.3. The van der Waals surface area contributed by atoms with Gasteiger partial charge in [-0.2, -0.15) is 4.98 Å². The molecule has 6 heteroatoms. The lowest BCUT2D eigenvalue weighted by Gasteiger charge is -2.26. The molecule has 3 rings (SSSR count). The number of para-hydroxylation sites is 1. The maximum Gasteiger partial charge on any atom is 0.224 e. The van der Waals surface area contributed by atoms with Gasteiger partial charge in [-0.15, -0.1) is 0 Å². The van der Waals surface area contributed by atoms with E-state index in [-0.39, 0.29) is 0 Å². The number of nitrogens with zero attached hydrogens (tertiary/aromatic N) is 3. The number of aromatic nitrogens is 2. The fourth-order valence-corrected chi connectivity index (χ4v) is 2.46. The molecule has 1 aromatic heterocycles. The van der Waals surface area contributed by atoms with Crippen molar-refractivity contribution in [1.82, 2.24) is 14.9 Å². The summed E-state index contributed by atoms with van der Waals surface area (Å²) in [6, 6.07) is 10.0. The van der Waals surface area contributed by atoms with Crippen molar-refractivity contribution < 1.29 is 4.74 Å². The van der Waals surface area contributed by atoms with E-state index in [9.17, 15) is 0 Å². The van der Waals surface area contributed by atoms with Gasteiger partial charge in [-0.3, -0.25) is 4.90 Å². The molecular formula is C17H23N5O. The topological polar surface area (TPSA) is 62.3 Å². The van der Waals surface area contributed by atoms with Crippen LogP contribution in [0.4, 0.5) is 17.5 Å². The summed E-state index contributed by atoms with van der Waals surface area (Å²) in [5.41, 5.74) is 2.04. The van der Waals surface area contributed by atoms with Crippen molar-refractivity contribution in [3.8, 4) is 0 Å². The van der Waals surface area contributed by atoms with Crippen LogP contribution in [-0.4, -0.2) is 54.3 Å². The van der Waals surface area contributed by atoms with Crippen molar-refractivity contribution in [2.24, 2.45) is 0 Å². The summed E-state index contributed by atoms with van der Waals surface area (Å²) in [6.45, 7) is 7.45. The van der Waals surface area contributed by atoms with Crippen molar-refractivity contribution in [2.75, 3.05) is 50.0 Å². The van der Waals surface area contributed by atoms with E-state index in [2.05, 4.69) is 25.5 Å². The van der Waals surface area contributed by atoms with Gasteiger partial charge in [-0.25, -0.2) is 4.98 Å². The molecule has 122 valence electrons. The average molecular weight is 313 g/mol. The highest BCUT2D eigenvalue weighted by atomic mass is 16.5. The third-order valence-corrected chi connectivity index (χ3v) is 3.82. The molecule has 2 heterocycles. The van der Waals surface area contributed by atoms with E-state index < -0.39 is 0 Å². The van der Waals surface area contributed by atoms with Gasteiger partial charge in [0, 0.05) is 43.6 Å². The Balaban J connectivity index is 1.56. The molecule has 23 heavy (non-hydrogen) atoms. The molecule has 1 aromatic carbocycles. The molecule has 0 spiro atoms. The van der Waals surface area contributed by atoms with Gasteiger partial charge in [0.15, 0.2) is 0 Å². The third-order valence-electron chi connectivity index (χ3n) is 3.82. The Bertz CT molecular complexity index is 614. The molecule has 0 amide bonds. The summed E-state index contributed by atoms with van der Waals surface area (Å²) in [7, 11) is 0. The van der Waals surface area contributed by atoms with Gasteiger partial charge in [0.05, 0.1) is 13.2 Å². The highest BCUT2D eigenvalue weighted by molar-refractivity contribution is 5.59. The number of aryl methyl sites for hydroxylation is 1. The zero-order valence-corrected chi connectivity index (χ0v) is 13.5. The minimum Gasteiger partial charge on any atom is -0.379 e. The normalized spacial score (nSPS) is 15.3. The van der Waals surface area contributed by atoms with Gasteiger partial charge in [-0.1, -0.05) is 18.2 Å². The monoisotopic (exact) mass is 313 g/mol. The molecule has 1 aliphatic rings. The number of ether oxygens (including phenoxy) is 1. The third kappa shape index (κ3) is 4.64. The first-order chi connectivity index (χ1) is 11.3. The first-order valence-electron chi connectivity index (χ1n) is 8.01. The number of morpholine rings is 1. The Morgan fingerprint density at radius 3 is 2.74 bits per heavy atom. The minimum absolute atomic E-state index is 0.655. The fraction of sp³-hybridized carbons (Fsp3) is 0.412. The van der Waals surface area contributed by atoms with Crippen LogP contribution >= 0.6 is 0 Å². The second-order valence-corrected chi connectivity index (χ2v) is 5.60. The summed E-state index contributed by atoms with van der Waals surface area (Å²) in [5, 5.41) is 6.63. The standard InChI is InChI=1S/C17H23N5O/c1-14-13-19-17(18-7-8-22-9-11-23-12-10-22)21-16(14)20-15-5-3-2-4-6-15/h2-6,13H,7-12H2,1H3,(H2,18,19,20,21). The van der Waals surface area contributed by atoms with E-state index in [0.717, 1.165) is 56.5 Å². The molecule has 0 atom stereocenters. The van der Waals surface area contributed by atoms with Crippen LogP contribution in [-0.2, 0) is 4.74 Å². The van der Waals surface area contributed by atoms with Crippen LogP contribution < -0.4 is 10.6 Å². The van der Waals surface area contributed by atoms with Crippen LogP contribution in [0.25, 0.3) is 0 Å².